The molecule has 0 spiro atoms. The van der Waals surface area contributed by atoms with E-state index in [0.717, 1.165) is 0 Å². The first-order valence-electron chi connectivity index (χ1n) is 21.5. The lowest BCUT2D eigenvalue weighted by Gasteiger charge is -2.49. The number of methoxy groups -OCH3 is 1. The predicted molar refractivity (Wildman–Crippen MR) is 204 cm³/mol. The summed E-state index contributed by atoms with van der Waals surface area (Å²) in [5, 5.41) is 200. The maximum Gasteiger partial charge on any atom is 0.187 e. The molecule has 31 heteroatoms. The van der Waals surface area contributed by atoms with Crippen molar-refractivity contribution in [1.29, 1.82) is 0 Å². The minimum absolute atomic E-state index is 0.695. The third kappa shape index (κ3) is 11.4. The van der Waals surface area contributed by atoms with E-state index < -0.39 is 224 Å². The van der Waals surface area contributed by atoms with Gasteiger partial charge < -0.3 is 154 Å². The molecule has 0 bridgehead atoms. The summed E-state index contributed by atoms with van der Waals surface area (Å²) in [6.45, 7) is -5.25. The van der Waals surface area contributed by atoms with Crippen LogP contribution in [-0.4, -0.2) is 328 Å². The second-order valence-corrected chi connectivity index (χ2v) is 17.0. The maximum atomic E-state index is 11.3. The maximum absolute atomic E-state index is 11.3. The molecule has 30 atom stereocenters. The van der Waals surface area contributed by atoms with Gasteiger partial charge in [-0.1, -0.05) is 0 Å². The predicted octanol–water partition coefficient (Wildman–Crippen LogP) is -13.4. The van der Waals surface area contributed by atoms with Gasteiger partial charge in [0, 0.05) is 7.11 Å². The Hall–Kier alpha value is -1.24. The lowest BCUT2D eigenvalue weighted by Crippen LogP contribution is -2.68. The summed E-state index contributed by atoms with van der Waals surface area (Å²) in [5.41, 5.74) is 0. The van der Waals surface area contributed by atoms with Gasteiger partial charge in [-0.25, -0.2) is 0 Å². The standard InChI is InChI=1S/C37H64O31/c1-57-27-9(3-39)61-34(23(52)17(27)46)65-28-10(4-40)62-35(24(53)18(28)47)66-29-11(5-41)63-36(25(54)19(29)48)67-30-12(6-42)64-37(26(55)20(30)49)68-31-13(59-32(56)21(50)16(31)45)7-58-33-22(51)15(44)14(43)8(2-38)60-33/h8-56H,2-7H2,1H3/t8?,9?,10-,11?,12-,13?,14-,15-,16?,17+,18?,19+,20?,21+,22?,23?,24?,25?,26?,27+,28+,29+,30+,31?,32-,33-,34-,35-,36-,37-/m0/s1. The molecule has 31 nitrogen and oxygen atoms in total. The zero-order chi connectivity index (χ0) is 50.0. The summed E-state index contributed by atoms with van der Waals surface area (Å²) >= 11 is 0. The van der Waals surface area contributed by atoms with Gasteiger partial charge in [-0.15, -0.1) is 0 Å². The lowest BCUT2D eigenvalue weighted by molar-refractivity contribution is -0.393. The van der Waals surface area contributed by atoms with Gasteiger partial charge in [0.25, 0.3) is 0 Å². The highest BCUT2D eigenvalue weighted by molar-refractivity contribution is 4.99. The van der Waals surface area contributed by atoms with Crippen LogP contribution >= 0.6 is 0 Å². The molecule has 6 saturated heterocycles. The summed E-state index contributed by atoms with van der Waals surface area (Å²) < 4.78 is 66.1. The van der Waals surface area contributed by atoms with Crippen LogP contribution in [0.5, 0.6) is 0 Å². The highest BCUT2D eigenvalue weighted by Gasteiger charge is 2.57. The smallest absolute Gasteiger partial charge is 0.187 e. The molecule has 19 N–H and O–H groups in total. The van der Waals surface area contributed by atoms with Crippen LogP contribution in [0.15, 0.2) is 0 Å². The molecule has 6 fully saturated rings. The third-order valence-electron chi connectivity index (χ3n) is 12.7. The molecular weight excluding hydrogens is 940 g/mol. The van der Waals surface area contributed by atoms with Crippen LogP contribution < -0.4 is 0 Å². The van der Waals surface area contributed by atoms with E-state index in [1.807, 2.05) is 0 Å². The van der Waals surface area contributed by atoms with Crippen LogP contribution in [0, 0.1) is 0 Å². The Bertz CT molecular complexity index is 1520. The number of aliphatic hydroxyl groups excluding tert-OH is 19. The molecule has 13 unspecified atom stereocenters. The van der Waals surface area contributed by atoms with Crippen LogP contribution in [0.4, 0.5) is 0 Å². The Kier molecular flexibility index (Phi) is 19.9. The number of aliphatic hydroxyl groups is 19. The average molecular weight is 1000 g/mol. The van der Waals surface area contributed by atoms with Gasteiger partial charge in [-0.2, -0.15) is 0 Å². The molecule has 0 radical (unpaired) electrons. The summed E-state index contributed by atoms with van der Waals surface area (Å²) in [7, 11) is 1.19. The van der Waals surface area contributed by atoms with Crippen LogP contribution in [0.2, 0.25) is 0 Å². The first kappa shape index (κ1) is 56.1. The van der Waals surface area contributed by atoms with Crippen molar-refractivity contribution in [2.75, 3.05) is 46.8 Å². The molecule has 6 aliphatic heterocycles. The van der Waals surface area contributed by atoms with E-state index >= 15 is 0 Å². The van der Waals surface area contributed by atoms with Crippen LogP contribution in [-0.2, 0) is 56.8 Å². The lowest BCUT2D eigenvalue weighted by atomic mass is 9.95. The largest absolute Gasteiger partial charge is 0.394 e. The fraction of sp³-hybridized carbons (Fsp3) is 1.00. The van der Waals surface area contributed by atoms with E-state index in [4.69, 9.17) is 56.8 Å². The van der Waals surface area contributed by atoms with Gasteiger partial charge in [0.1, 0.15) is 146 Å². The molecule has 0 aromatic heterocycles. The van der Waals surface area contributed by atoms with E-state index in [1.165, 1.54) is 7.11 Å². The monoisotopic (exact) mass is 1000 g/mol. The quantitative estimate of drug-likeness (QED) is 0.0643. The Balaban J connectivity index is 1.08. The first-order valence-corrected chi connectivity index (χ1v) is 21.5. The van der Waals surface area contributed by atoms with E-state index in [1.54, 1.807) is 0 Å². The van der Waals surface area contributed by atoms with Crippen LogP contribution in [0.1, 0.15) is 0 Å². The Labute approximate surface area is 384 Å². The number of hydrogen-bond donors (Lipinski definition) is 19. The van der Waals surface area contributed by atoms with Crippen molar-refractivity contribution in [3.63, 3.8) is 0 Å². The molecule has 0 aromatic rings. The minimum Gasteiger partial charge on any atom is -0.394 e. The van der Waals surface area contributed by atoms with E-state index in [2.05, 4.69) is 0 Å². The van der Waals surface area contributed by atoms with Crippen molar-refractivity contribution in [3.05, 3.63) is 0 Å². The zero-order valence-corrected chi connectivity index (χ0v) is 36.0. The van der Waals surface area contributed by atoms with Gasteiger partial charge in [0.2, 0.25) is 0 Å². The normalized spacial score (nSPS) is 52.8. The van der Waals surface area contributed by atoms with Crippen molar-refractivity contribution in [2.24, 2.45) is 0 Å². The molecular formula is C37H64O31. The van der Waals surface area contributed by atoms with Crippen molar-refractivity contribution in [3.8, 4) is 0 Å². The van der Waals surface area contributed by atoms with Crippen LogP contribution in [0.25, 0.3) is 0 Å². The van der Waals surface area contributed by atoms with Crippen molar-refractivity contribution in [1.82, 2.24) is 0 Å². The SMILES string of the molecule is CO[C@@H]1C(CO)O[C@@H](O[C@H]2C(O)C(O)[C@H](O[C@@H]3C(CO)O[C@@H](O[C@H]4C(O)C(O)[C@H](OC5C(CO[C@H]6OC(CO)[C@H](O)[C@H](O)C6O)O[C@H](O)[C@H](O)C5O)O[C@H]4CO)C(O)[C@H]3O)O[C@H]2CO)C(O)[C@H]1O. The van der Waals surface area contributed by atoms with Crippen molar-refractivity contribution >= 4 is 0 Å². The van der Waals surface area contributed by atoms with Gasteiger partial charge >= 0.3 is 0 Å². The zero-order valence-electron chi connectivity index (χ0n) is 36.0. The number of ether oxygens (including phenoxy) is 12. The second kappa shape index (κ2) is 24.2. The highest BCUT2D eigenvalue weighted by atomic mass is 16.8. The third-order valence-corrected chi connectivity index (χ3v) is 12.7. The molecule has 0 saturated carbocycles. The number of hydrogen-bond acceptors (Lipinski definition) is 31. The van der Waals surface area contributed by atoms with Crippen LogP contribution in [0.3, 0.4) is 0 Å². The minimum atomic E-state index is -2.18. The van der Waals surface area contributed by atoms with Gasteiger partial charge in [-0.05, 0) is 0 Å². The first-order chi connectivity index (χ1) is 32.3. The molecule has 398 valence electrons. The molecule has 0 amide bonds. The fourth-order valence-corrected chi connectivity index (χ4v) is 8.69. The summed E-state index contributed by atoms with van der Waals surface area (Å²) in [6.07, 6.45) is -54.9. The Morgan fingerprint density at radius 2 is 0.588 bits per heavy atom. The Morgan fingerprint density at radius 3 is 0.941 bits per heavy atom. The molecule has 6 rings (SSSR count). The van der Waals surface area contributed by atoms with E-state index in [0.29, 0.717) is 0 Å². The average Bonchev–Trinajstić information content (AvgIpc) is 3.33. The number of rotatable bonds is 17. The topological polar surface area (TPSA) is 495 Å². The fourth-order valence-electron chi connectivity index (χ4n) is 8.69. The van der Waals surface area contributed by atoms with Gasteiger partial charge in [0.15, 0.2) is 37.7 Å². The van der Waals surface area contributed by atoms with Gasteiger partial charge in [-0.3, -0.25) is 0 Å². The van der Waals surface area contributed by atoms with Crippen molar-refractivity contribution in [2.45, 2.75) is 184 Å². The highest BCUT2D eigenvalue weighted by Crippen LogP contribution is 2.36. The van der Waals surface area contributed by atoms with E-state index in [-0.39, 0.29) is 0 Å². The molecule has 68 heavy (non-hydrogen) atoms. The van der Waals surface area contributed by atoms with Crippen molar-refractivity contribution < 1.29 is 154 Å². The molecule has 0 aromatic carbocycles. The molecule has 6 aliphatic rings. The van der Waals surface area contributed by atoms with E-state index in [9.17, 15) is 97.0 Å². The second-order valence-electron chi connectivity index (χ2n) is 17.0. The Morgan fingerprint density at radius 1 is 0.294 bits per heavy atom. The molecule has 6 heterocycles. The summed E-state index contributed by atoms with van der Waals surface area (Å²) in [4.78, 5) is 0. The molecule has 0 aliphatic carbocycles. The summed E-state index contributed by atoms with van der Waals surface area (Å²) in [5.74, 6) is 0. The summed E-state index contributed by atoms with van der Waals surface area (Å²) in [6, 6.07) is 0. The van der Waals surface area contributed by atoms with Gasteiger partial charge in [0.05, 0.1) is 39.6 Å².